The highest BCUT2D eigenvalue weighted by Gasteiger charge is 2.27. The average molecular weight is 494 g/mol. The number of hydrogen-bond donors (Lipinski definition) is 0. The Morgan fingerprint density at radius 2 is 1.88 bits per heavy atom. The molecule has 0 saturated carbocycles. The predicted molar refractivity (Wildman–Crippen MR) is 132 cm³/mol. The SMILES string of the molecule is CCn1nc(-c2cc(C)c3c(c2C)-c2nn(C)cc2CS3)[c]c1OS(=O)(=O)c1ccc(C)cc1. The second-order valence-corrected chi connectivity index (χ2v) is 11.0. The van der Waals surface area contributed by atoms with Crippen LogP contribution in [0.1, 0.15) is 29.2 Å². The minimum atomic E-state index is -4.01. The second kappa shape index (κ2) is 8.32. The molecule has 9 heteroatoms. The van der Waals surface area contributed by atoms with Crippen molar-refractivity contribution in [3.05, 3.63) is 64.8 Å². The van der Waals surface area contributed by atoms with Gasteiger partial charge in [-0.15, -0.1) is 11.8 Å². The Labute approximate surface area is 203 Å². The van der Waals surface area contributed by atoms with E-state index in [4.69, 9.17) is 9.28 Å². The van der Waals surface area contributed by atoms with Gasteiger partial charge in [0.15, 0.2) is 0 Å². The van der Waals surface area contributed by atoms with E-state index in [1.54, 1.807) is 12.1 Å². The van der Waals surface area contributed by atoms with Crippen molar-refractivity contribution in [2.45, 2.75) is 49.8 Å². The van der Waals surface area contributed by atoms with Crippen LogP contribution in [0.2, 0.25) is 0 Å². The van der Waals surface area contributed by atoms with E-state index in [2.05, 4.69) is 37.3 Å². The Bertz CT molecular complexity index is 1520. The fourth-order valence-electron chi connectivity index (χ4n) is 4.23. The number of fused-ring (bicyclic) bond motifs is 3. The molecule has 0 bridgehead atoms. The lowest BCUT2D eigenvalue weighted by Gasteiger charge is -2.21. The van der Waals surface area contributed by atoms with E-state index in [9.17, 15) is 8.42 Å². The average Bonchev–Trinajstić information content (AvgIpc) is 3.37. The van der Waals surface area contributed by atoms with Crippen molar-refractivity contribution >= 4 is 21.9 Å². The van der Waals surface area contributed by atoms with Gasteiger partial charge < -0.3 is 4.18 Å². The molecule has 0 amide bonds. The molecule has 7 nitrogen and oxygen atoms in total. The lowest BCUT2D eigenvalue weighted by molar-refractivity contribution is 0.444. The van der Waals surface area contributed by atoms with Crippen molar-refractivity contribution in [1.82, 2.24) is 19.6 Å². The van der Waals surface area contributed by atoms with Crippen molar-refractivity contribution in [2.24, 2.45) is 7.05 Å². The molecule has 2 aromatic carbocycles. The van der Waals surface area contributed by atoms with E-state index >= 15 is 0 Å². The van der Waals surface area contributed by atoms with Gasteiger partial charge in [-0.25, -0.2) is 4.68 Å². The molecule has 0 N–H and O–H groups in total. The summed E-state index contributed by atoms with van der Waals surface area (Å²) >= 11 is 1.82. The van der Waals surface area contributed by atoms with Crippen LogP contribution in [0.5, 0.6) is 5.88 Å². The Kier molecular flexibility index (Phi) is 5.56. The third-order valence-corrected chi connectivity index (χ3v) is 8.47. The molecule has 34 heavy (non-hydrogen) atoms. The first-order valence-corrected chi connectivity index (χ1v) is 13.4. The zero-order valence-corrected chi connectivity index (χ0v) is 21.3. The van der Waals surface area contributed by atoms with Crippen LogP contribution >= 0.6 is 11.8 Å². The molecule has 0 atom stereocenters. The van der Waals surface area contributed by atoms with E-state index in [-0.39, 0.29) is 10.8 Å². The van der Waals surface area contributed by atoms with Crippen molar-refractivity contribution in [2.75, 3.05) is 0 Å². The Balaban J connectivity index is 1.59. The van der Waals surface area contributed by atoms with Gasteiger partial charge in [-0.1, -0.05) is 17.7 Å². The quantitative estimate of drug-likeness (QED) is 0.361. The number of thioether (sulfide) groups is 1. The number of aryl methyl sites for hydroxylation is 4. The van der Waals surface area contributed by atoms with Crippen molar-refractivity contribution in [3.8, 4) is 28.4 Å². The molecule has 0 fully saturated rings. The molecule has 0 saturated heterocycles. The van der Waals surface area contributed by atoms with Crippen LogP contribution in [0.3, 0.4) is 0 Å². The molecule has 3 heterocycles. The summed E-state index contributed by atoms with van der Waals surface area (Å²) in [6, 6.07) is 11.8. The fraction of sp³-hybridized carbons (Fsp3) is 0.280. The lowest BCUT2D eigenvalue weighted by Crippen LogP contribution is -2.13. The first-order chi connectivity index (χ1) is 16.2. The minimum absolute atomic E-state index is 0.0701. The van der Waals surface area contributed by atoms with Gasteiger partial charge in [-0.2, -0.15) is 18.6 Å². The van der Waals surface area contributed by atoms with Gasteiger partial charge in [0, 0.05) is 47.1 Å². The molecule has 0 spiro atoms. The normalized spacial score (nSPS) is 13.0. The molecule has 1 aliphatic rings. The zero-order chi connectivity index (χ0) is 24.2. The van der Waals surface area contributed by atoms with Gasteiger partial charge in [0.2, 0.25) is 5.88 Å². The third kappa shape index (κ3) is 3.82. The molecule has 175 valence electrons. The molecule has 1 aliphatic heterocycles. The maximum absolute atomic E-state index is 12.9. The largest absolute Gasteiger partial charge is 0.358 e. The van der Waals surface area contributed by atoms with Crippen LogP contribution in [-0.4, -0.2) is 28.0 Å². The summed E-state index contributed by atoms with van der Waals surface area (Å²) < 4.78 is 34.6. The first-order valence-electron chi connectivity index (χ1n) is 11.0. The second-order valence-electron chi connectivity index (χ2n) is 8.48. The summed E-state index contributed by atoms with van der Waals surface area (Å²) in [5.41, 5.74) is 7.88. The summed E-state index contributed by atoms with van der Waals surface area (Å²) in [4.78, 5) is 1.32. The maximum atomic E-state index is 12.9. The molecular formula is C25H25N4O3S2. The van der Waals surface area contributed by atoms with Crippen molar-refractivity contribution in [1.29, 1.82) is 0 Å². The van der Waals surface area contributed by atoms with Crippen LogP contribution in [0.25, 0.3) is 22.5 Å². The Morgan fingerprint density at radius 3 is 2.59 bits per heavy atom. The number of benzene rings is 2. The summed E-state index contributed by atoms with van der Waals surface area (Å²) in [7, 11) is -2.08. The van der Waals surface area contributed by atoms with Crippen LogP contribution in [-0.2, 0) is 29.5 Å². The van der Waals surface area contributed by atoms with E-state index in [1.165, 1.54) is 27.3 Å². The van der Waals surface area contributed by atoms with Crippen molar-refractivity contribution < 1.29 is 12.6 Å². The zero-order valence-electron chi connectivity index (χ0n) is 19.7. The summed E-state index contributed by atoms with van der Waals surface area (Å²) in [6.45, 7) is 8.37. The Hall–Kier alpha value is -3.04. The van der Waals surface area contributed by atoms with Crippen LogP contribution in [0, 0.1) is 26.8 Å². The van der Waals surface area contributed by atoms with Gasteiger partial charge in [-0.3, -0.25) is 4.68 Å². The molecular weight excluding hydrogens is 468 g/mol. The first kappa shape index (κ1) is 22.7. The number of nitrogens with zero attached hydrogens (tertiary/aromatic N) is 4. The van der Waals surface area contributed by atoms with Gasteiger partial charge in [0.05, 0.1) is 11.8 Å². The molecule has 1 radical (unpaired) electrons. The molecule has 2 aromatic heterocycles. The summed E-state index contributed by atoms with van der Waals surface area (Å²) in [6.07, 6.45) is 2.06. The number of aromatic nitrogens is 4. The standard InChI is InChI=1S/C25H25N4O3S2/c1-6-29-22(32-34(30,31)19-9-7-15(2)8-10-19)12-21(26-29)20-11-16(3)25-23(17(20)4)24-18(14-33-25)13-28(5)27-24/h7-11,13H,6,14H2,1-5H3. The fourth-order valence-corrected chi connectivity index (χ4v) is 6.32. The molecule has 0 aliphatic carbocycles. The lowest BCUT2D eigenvalue weighted by atomic mass is 9.93. The van der Waals surface area contributed by atoms with Crippen molar-refractivity contribution in [3.63, 3.8) is 0 Å². The van der Waals surface area contributed by atoms with Crippen LogP contribution in [0.15, 0.2) is 46.3 Å². The molecule has 4 aromatic rings. The van der Waals surface area contributed by atoms with Gasteiger partial charge >= 0.3 is 10.1 Å². The smallest absolute Gasteiger partial charge is 0.340 e. The monoisotopic (exact) mass is 493 g/mol. The summed E-state index contributed by atoms with van der Waals surface area (Å²) in [5, 5.41) is 9.36. The third-order valence-electron chi connectivity index (χ3n) is 5.97. The van der Waals surface area contributed by atoms with E-state index in [0.717, 1.165) is 39.3 Å². The van der Waals surface area contributed by atoms with E-state index in [0.29, 0.717) is 12.2 Å². The van der Waals surface area contributed by atoms with Crippen LogP contribution in [0.4, 0.5) is 0 Å². The number of rotatable bonds is 5. The molecule has 5 rings (SSSR count). The topological polar surface area (TPSA) is 79.0 Å². The minimum Gasteiger partial charge on any atom is -0.358 e. The predicted octanol–water partition coefficient (Wildman–Crippen LogP) is 5.07. The van der Waals surface area contributed by atoms with Gasteiger partial charge in [-0.05, 0) is 57.0 Å². The Morgan fingerprint density at radius 1 is 1.15 bits per heavy atom. The highest BCUT2D eigenvalue weighted by atomic mass is 32.2. The maximum Gasteiger partial charge on any atom is 0.340 e. The van der Waals surface area contributed by atoms with E-state index in [1.807, 2.05) is 37.3 Å². The molecule has 0 unspecified atom stereocenters. The highest BCUT2D eigenvalue weighted by Crippen LogP contribution is 2.47. The van der Waals surface area contributed by atoms with E-state index < -0.39 is 10.1 Å². The summed E-state index contributed by atoms with van der Waals surface area (Å²) in [5.74, 6) is 0.960. The van der Waals surface area contributed by atoms with Crippen LogP contribution < -0.4 is 4.18 Å². The van der Waals surface area contributed by atoms with Gasteiger partial charge in [0.1, 0.15) is 10.6 Å². The highest BCUT2D eigenvalue weighted by molar-refractivity contribution is 7.98. The number of hydrogen-bond acceptors (Lipinski definition) is 6. The van der Waals surface area contributed by atoms with Gasteiger partial charge in [0.25, 0.3) is 0 Å².